The van der Waals surface area contributed by atoms with Crippen LogP contribution >= 0.6 is 22.9 Å². The third-order valence-electron chi connectivity index (χ3n) is 5.48. The highest BCUT2D eigenvalue weighted by Gasteiger charge is 2.20. The smallest absolute Gasteiger partial charge is 0.132 e. The van der Waals surface area contributed by atoms with Gasteiger partial charge in [0, 0.05) is 61.3 Å². The van der Waals surface area contributed by atoms with E-state index in [0.717, 1.165) is 60.5 Å². The first-order valence-electron chi connectivity index (χ1n) is 10.1. The maximum Gasteiger partial charge on any atom is 0.132 e. The van der Waals surface area contributed by atoms with E-state index in [1.165, 1.54) is 6.07 Å². The SMILES string of the molecule is COc1ccc(-c2nc(CN3CCN(Cc4c(F)cccc4Cl)CC3)cs2)c(OC)c1. The number of ether oxygens (including phenoxy) is 2. The van der Waals surface area contributed by atoms with Gasteiger partial charge in [-0.25, -0.2) is 9.37 Å². The van der Waals surface area contributed by atoms with E-state index < -0.39 is 0 Å². The molecule has 0 N–H and O–H groups in total. The van der Waals surface area contributed by atoms with Crippen LogP contribution in [-0.4, -0.2) is 55.2 Å². The minimum absolute atomic E-state index is 0.237. The average molecular weight is 462 g/mol. The van der Waals surface area contributed by atoms with Crippen LogP contribution in [0.4, 0.5) is 4.39 Å². The number of hydrogen-bond acceptors (Lipinski definition) is 6. The molecule has 5 nitrogen and oxygen atoms in total. The van der Waals surface area contributed by atoms with Gasteiger partial charge in [0.1, 0.15) is 22.3 Å². The summed E-state index contributed by atoms with van der Waals surface area (Å²) in [6.07, 6.45) is 0. The minimum atomic E-state index is -0.237. The fraction of sp³-hybridized carbons (Fsp3) is 0.348. The summed E-state index contributed by atoms with van der Waals surface area (Å²) >= 11 is 7.79. The number of benzene rings is 2. The van der Waals surface area contributed by atoms with Crippen molar-refractivity contribution in [2.75, 3.05) is 40.4 Å². The molecule has 1 saturated heterocycles. The van der Waals surface area contributed by atoms with Crippen molar-refractivity contribution >= 4 is 22.9 Å². The van der Waals surface area contributed by atoms with Crippen LogP contribution in [0.2, 0.25) is 5.02 Å². The lowest BCUT2D eigenvalue weighted by Gasteiger charge is -2.34. The second-order valence-electron chi connectivity index (χ2n) is 7.46. The zero-order chi connectivity index (χ0) is 21.8. The first-order chi connectivity index (χ1) is 15.1. The summed E-state index contributed by atoms with van der Waals surface area (Å²) in [5.74, 6) is 1.27. The van der Waals surface area contributed by atoms with Crippen LogP contribution in [-0.2, 0) is 13.1 Å². The number of rotatable bonds is 7. The minimum Gasteiger partial charge on any atom is -0.497 e. The van der Waals surface area contributed by atoms with Crippen molar-refractivity contribution in [1.82, 2.24) is 14.8 Å². The predicted molar refractivity (Wildman–Crippen MR) is 123 cm³/mol. The summed E-state index contributed by atoms with van der Waals surface area (Å²) < 4.78 is 24.9. The fourth-order valence-electron chi connectivity index (χ4n) is 3.72. The molecule has 1 aromatic heterocycles. The highest BCUT2D eigenvalue weighted by atomic mass is 35.5. The maximum atomic E-state index is 14.1. The number of nitrogens with zero attached hydrogens (tertiary/aromatic N) is 3. The van der Waals surface area contributed by atoms with Gasteiger partial charge in [0.25, 0.3) is 0 Å². The molecule has 3 aromatic rings. The molecule has 31 heavy (non-hydrogen) atoms. The van der Waals surface area contributed by atoms with Crippen molar-refractivity contribution in [2.45, 2.75) is 13.1 Å². The number of thiazole rings is 1. The fourth-order valence-corrected chi connectivity index (χ4v) is 4.78. The zero-order valence-corrected chi connectivity index (χ0v) is 19.2. The lowest BCUT2D eigenvalue weighted by atomic mass is 10.2. The number of methoxy groups -OCH3 is 2. The Morgan fingerprint density at radius 3 is 2.45 bits per heavy atom. The first-order valence-corrected chi connectivity index (χ1v) is 11.4. The van der Waals surface area contributed by atoms with E-state index in [1.54, 1.807) is 37.7 Å². The van der Waals surface area contributed by atoms with Gasteiger partial charge in [-0.1, -0.05) is 17.7 Å². The van der Waals surface area contributed by atoms with Gasteiger partial charge < -0.3 is 9.47 Å². The van der Waals surface area contributed by atoms with Crippen molar-refractivity contribution in [3.8, 4) is 22.1 Å². The van der Waals surface area contributed by atoms with Crippen molar-refractivity contribution in [3.05, 3.63) is 63.9 Å². The molecule has 164 valence electrons. The molecule has 0 radical (unpaired) electrons. The first kappa shape index (κ1) is 22.0. The van der Waals surface area contributed by atoms with Crippen molar-refractivity contribution < 1.29 is 13.9 Å². The Labute approximate surface area is 191 Å². The molecule has 1 fully saturated rings. The summed E-state index contributed by atoms with van der Waals surface area (Å²) in [6.45, 7) is 4.89. The van der Waals surface area contributed by atoms with Gasteiger partial charge in [-0.15, -0.1) is 11.3 Å². The van der Waals surface area contributed by atoms with E-state index in [2.05, 4.69) is 15.2 Å². The Balaban J connectivity index is 1.35. The highest BCUT2D eigenvalue weighted by molar-refractivity contribution is 7.13. The maximum absolute atomic E-state index is 14.1. The van der Waals surface area contributed by atoms with E-state index in [9.17, 15) is 4.39 Å². The van der Waals surface area contributed by atoms with E-state index >= 15 is 0 Å². The summed E-state index contributed by atoms with van der Waals surface area (Å²) in [5.41, 5.74) is 2.59. The van der Waals surface area contributed by atoms with Crippen LogP contribution in [0.3, 0.4) is 0 Å². The molecular formula is C23H25ClFN3O2S. The Bertz CT molecular complexity index is 1020. The van der Waals surface area contributed by atoms with E-state index in [4.69, 9.17) is 26.1 Å². The third-order valence-corrected chi connectivity index (χ3v) is 6.76. The van der Waals surface area contributed by atoms with Crippen molar-refractivity contribution in [2.24, 2.45) is 0 Å². The molecule has 0 atom stereocenters. The average Bonchev–Trinajstić information content (AvgIpc) is 3.25. The van der Waals surface area contributed by atoms with Crippen LogP contribution in [0.1, 0.15) is 11.3 Å². The number of hydrogen-bond donors (Lipinski definition) is 0. The van der Waals surface area contributed by atoms with Crippen LogP contribution < -0.4 is 9.47 Å². The van der Waals surface area contributed by atoms with E-state index in [1.807, 2.05) is 18.2 Å². The number of piperazine rings is 1. The largest absolute Gasteiger partial charge is 0.497 e. The predicted octanol–water partition coefficient (Wildman–Crippen LogP) is 4.94. The molecule has 0 unspecified atom stereocenters. The van der Waals surface area contributed by atoms with Crippen LogP contribution in [0.25, 0.3) is 10.6 Å². The Hall–Kier alpha value is -2.19. The Morgan fingerprint density at radius 1 is 1.03 bits per heavy atom. The van der Waals surface area contributed by atoms with Crippen LogP contribution in [0.15, 0.2) is 41.8 Å². The number of aromatic nitrogens is 1. The molecule has 0 aliphatic carbocycles. The monoisotopic (exact) mass is 461 g/mol. The normalized spacial score (nSPS) is 15.2. The third kappa shape index (κ3) is 5.18. The van der Waals surface area contributed by atoms with Crippen LogP contribution in [0.5, 0.6) is 11.5 Å². The molecule has 0 spiro atoms. The highest BCUT2D eigenvalue weighted by Crippen LogP contribution is 2.35. The number of halogens is 2. The zero-order valence-electron chi connectivity index (χ0n) is 17.6. The standard InChI is InChI=1S/C23H25ClFN3O2S/c1-29-17-6-7-18(22(12-17)30-2)23-26-16(15-31-23)13-27-8-10-28(11-9-27)14-19-20(24)4-3-5-21(19)25/h3-7,12,15H,8-11,13-14H2,1-2H3. The molecule has 4 rings (SSSR count). The second-order valence-corrected chi connectivity index (χ2v) is 8.73. The van der Waals surface area contributed by atoms with Gasteiger partial charge in [0.2, 0.25) is 0 Å². The summed E-state index contributed by atoms with van der Waals surface area (Å²) in [5, 5.41) is 3.53. The Morgan fingerprint density at radius 2 is 1.77 bits per heavy atom. The molecule has 2 aromatic carbocycles. The lowest BCUT2D eigenvalue weighted by molar-refractivity contribution is 0.120. The lowest BCUT2D eigenvalue weighted by Crippen LogP contribution is -2.45. The summed E-state index contributed by atoms with van der Waals surface area (Å²) in [4.78, 5) is 9.45. The van der Waals surface area contributed by atoms with Gasteiger partial charge in [-0.05, 0) is 24.3 Å². The van der Waals surface area contributed by atoms with Crippen molar-refractivity contribution in [1.29, 1.82) is 0 Å². The Kier molecular flexibility index (Phi) is 7.07. The molecule has 1 aliphatic rings. The quantitative estimate of drug-likeness (QED) is 0.498. The van der Waals surface area contributed by atoms with E-state index in [0.29, 0.717) is 17.1 Å². The van der Waals surface area contributed by atoms with Gasteiger partial charge in [0.05, 0.1) is 25.5 Å². The van der Waals surface area contributed by atoms with Gasteiger partial charge in [-0.3, -0.25) is 9.80 Å². The topological polar surface area (TPSA) is 37.8 Å². The van der Waals surface area contributed by atoms with Crippen molar-refractivity contribution in [3.63, 3.8) is 0 Å². The van der Waals surface area contributed by atoms with Gasteiger partial charge in [0.15, 0.2) is 0 Å². The second kappa shape index (κ2) is 9.96. The van der Waals surface area contributed by atoms with E-state index in [-0.39, 0.29) is 5.82 Å². The molecule has 0 bridgehead atoms. The van der Waals surface area contributed by atoms with Crippen LogP contribution in [0, 0.1) is 5.82 Å². The van der Waals surface area contributed by atoms with Gasteiger partial charge in [-0.2, -0.15) is 0 Å². The summed E-state index contributed by atoms with van der Waals surface area (Å²) in [7, 11) is 3.29. The molecule has 2 heterocycles. The molecule has 0 amide bonds. The molecule has 8 heteroatoms. The molecule has 1 aliphatic heterocycles. The summed E-state index contributed by atoms with van der Waals surface area (Å²) in [6, 6.07) is 10.6. The molecule has 0 saturated carbocycles. The van der Waals surface area contributed by atoms with Gasteiger partial charge >= 0.3 is 0 Å². The molecular weight excluding hydrogens is 437 g/mol.